The van der Waals surface area contributed by atoms with Crippen molar-refractivity contribution in [3.63, 3.8) is 0 Å². The molecule has 0 N–H and O–H groups in total. The number of amides is 2. The largest absolute Gasteiger partial charge is 0.466 e. The molecule has 1 aromatic rings. The van der Waals surface area contributed by atoms with Crippen LogP contribution < -0.4 is 9.80 Å². The van der Waals surface area contributed by atoms with E-state index in [1.54, 1.807) is 4.90 Å². The molecule has 164 valence electrons. The van der Waals surface area contributed by atoms with Crippen LogP contribution in [0.5, 0.6) is 0 Å². The van der Waals surface area contributed by atoms with Gasteiger partial charge in [-0.1, -0.05) is 11.3 Å². The fourth-order valence-electron chi connectivity index (χ4n) is 4.50. The second-order valence-corrected chi connectivity index (χ2v) is 9.09. The van der Waals surface area contributed by atoms with Crippen LogP contribution >= 0.6 is 11.3 Å². The van der Waals surface area contributed by atoms with Gasteiger partial charge in [0.2, 0.25) is 22.1 Å². The monoisotopic (exact) mass is 435 g/mol. The molecule has 0 bridgehead atoms. The summed E-state index contributed by atoms with van der Waals surface area (Å²) in [6, 6.07) is 0. The molecule has 10 heteroatoms. The Morgan fingerprint density at radius 3 is 2.50 bits per heavy atom. The van der Waals surface area contributed by atoms with Crippen molar-refractivity contribution in [1.82, 2.24) is 15.1 Å². The van der Waals surface area contributed by atoms with Crippen LogP contribution in [0, 0.1) is 11.8 Å². The first-order valence-electron chi connectivity index (χ1n) is 10.9. The highest BCUT2D eigenvalue weighted by Gasteiger charge is 2.34. The summed E-state index contributed by atoms with van der Waals surface area (Å²) in [5, 5.41) is 9.95. The van der Waals surface area contributed by atoms with Crippen LogP contribution in [0.3, 0.4) is 0 Å². The van der Waals surface area contributed by atoms with Crippen molar-refractivity contribution in [2.24, 2.45) is 11.8 Å². The number of aromatic nitrogens is 2. The van der Waals surface area contributed by atoms with Crippen molar-refractivity contribution in [2.75, 3.05) is 49.1 Å². The van der Waals surface area contributed by atoms with Gasteiger partial charge in [0.15, 0.2) is 0 Å². The zero-order valence-electron chi connectivity index (χ0n) is 17.4. The van der Waals surface area contributed by atoms with Crippen LogP contribution in [-0.4, -0.2) is 72.2 Å². The molecule has 0 saturated carbocycles. The van der Waals surface area contributed by atoms with E-state index in [0.29, 0.717) is 57.2 Å². The summed E-state index contributed by atoms with van der Waals surface area (Å²) in [6.07, 6.45) is 4.56. The summed E-state index contributed by atoms with van der Waals surface area (Å²) in [7, 11) is 0. The molecule has 9 nitrogen and oxygen atoms in total. The van der Waals surface area contributed by atoms with E-state index in [1.807, 2.05) is 11.8 Å². The van der Waals surface area contributed by atoms with Crippen molar-refractivity contribution in [1.29, 1.82) is 0 Å². The maximum absolute atomic E-state index is 13.1. The number of hydrogen-bond acceptors (Lipinski definition) is 8. The van der Waals surface area contributed by atoms with Gasteiger partial charge in [-0.2, -0.15) is 0 Å². The number of carbonyl (C=O) groups is 3. The minimum absolute atomic E-state index is 0.0707. The summed E-state index contributed by atoms with van der Waals surface area (Å²) in [4.78, 5) is 42.7. The molecule has 0 aliphatic carbocycles. The average Bonchev–Trinajstić information content (AvgIpc) is 3.42. The van der Waals surface area contributed by atoms with Crippen molar-refractivity contribution >= 4 is 39.4 Å². The number of ether oxygens (including phenoxy) is 1. The number of rotatable bonds is 5. The number of hydrogen-bond donors (Lipinski definition) is 0. The first-order chi connectivity index (χ1) is 14.6. The molecule has 3 saturated heterocycles. The van der Waals surface area contributed by atoms with Crippen LogP contribution in [-0.2, 0) is 19.1 Å². The molecule has 3 aliphatic heterocycles. The minimum Gasteiger partial charge on any atom is -0.466 e. The number of esters is 1. The van der Waals surface area contributed by atoms with Crippen molar-refractivity contribution in [3.8, 4) is 0 Å². The van der Waals surface area contributed by atoms with Gasteiger partial charge in [0, 0.05) is 39.1 Å². The van der Waals surface area contributed by atoms with Crippen molar-refractivity contribution < 1.29 is 19.1 Å². The molecule has 4 heterocycles. The van der Waals surface area contributed by atoms with Gasteiger partial charge in [-0.3, -0.25) is 19.3 Å². The van der Waals surface area contributed by atoms with Crippen LogP contribution in [0.4, 0.5) is 10.3 Å². The fraction of sp³-hybridized carbons (Fsp3) is 0.750. The molecule has 1 unspecified atom stereocenters. The van der Waals surface area contributed by atoms with E-state index < -0.39 is 0 Å². The summed E-state index contributed by atoms with van der Waals surface area (Å²) in [5.41, 5.74) is 0. The lowest BCUT2D eigenvalue weighted by molar-refractivity contribution is -0.151. The maximum atomic E-state index is 13.1. The topological polar surface area (TPSA) is 95.9 Å². The quantitative estimate of drug-likeness (QED) is 0.649. The van der Waals surface area contributed by atoms with Crippen molar-refractivity contribution in [2.45, 2.75) is 45.4 Å². The van der Waals surface area contributed by atoms with Gasteiger partial charge in [-0.05, 0) is 39.0 Å². The molecule has 0 radical (unpaired) electrons. The normalized spacial score (nSPS) is 23.2. The van der Waals surface area contributed by atoms with E-state index in [-0.39, 0.29) is 29.6 Å². The van der Waals surface area contributed by atoms with Crippen LogP contribution in [0.2, 0.25) is 0 Å². The molecule has 0 spiro atoms. The summed E-state index contributed by atoms with van der Waals surface area (Å²) in [5.74, 6) is -0.0299. The predicted molar refractivity (Wildman–Crippen MR) is 112 cm³/mol. The average molecular weight is 436 g/mol. The molecule has 1 atom stereocenters. The van der Waals surface area contributed by atoms with E-state index in [2.05, 4.69) is 15.1 Å². The molecular formula is C20H29N5O4S. The number of anilines is 2. The molecule has 3 fully saturated rings. The summed E-state index contributed by atoms with van der Waals surface area (Å²) < 4.78 is 5.12. The Kier molecular flexibility index (Phi) is 6.50. The molecule has 0 aromatic carbocycles. The van der Waals surface area contributed by atoms with Crippen LogP contribution in [0.1, 0.15) is 45.4 Å². The predicted octanol–water partition coefficient (Wildman–Crippen LogP) is 1.68. The standard InChI is InChI=1S/C20H29N5O4S/c1-2-29-18(28)14-7-11-23(12-8-14)17(27)15-5-3-9-24(13-15)19-21-22-20(30-19)25-10-4-6-16(25)26/h14-15H,2-13H2,1H3. The number of likely N-dealkylation sites (tertiary alicyclic amines) is 1. The Morgan fingerprint density at radius 1 is 1.03 bits per heavy atom. The van der Waals surface area contributed by atoms with Gasteiger partial charge in [-0.15, -0.1) is 10.2 Å². The van der Waals surface area contributed by atoms with Gasteiger partial charge >= 0.3 is 5.97 Å². The minimum atomic E-state index is -0.142. The summed E-state index contributed by atoms with van der Waals surface area (Å²) >= 11 is 1.43. The molecule has 1 aromatic heterocycles. The Balaban J connectivity index is 1.33. The molecular weight excluding hydrogens is 406 g/mol. The Hall–Kier alpha value is -2.23. The van der Waals surface area contributed by atoms with Gasteiger partial charge in [0.1, 0.15) is 0 Å². The first kappa shape index (κ1) is 21.0. The van der Waals surface area contributed by atoms with E-state index in [9.17, 15) is 14.4 Å². The lowest BCUT2D eigenvalue weighted by Crippen LogP contribution is -2.48. The van der Waals surface area contributed by atoms with Gasteiger partial charge in [-0.25, -0.2) is 0 Å². The Morgan fingerprint density at radius 2 is 1.80 bits per heavy atom. The number of piperidine rings is 2. The first-order valence-corrected chi connectivity index (χ1v) is 11.7. The van der Waals surface area contributed by atoms with Gasteiger partial charge in [0.25, 0.3) is 0 Å². The maximum Gasteiger partial charge on any atom is 0.309 e. The van der Waals surface area contributed by atoms with Gasteiger partial charge in [0.05, 0.1) is 18.4 Å². The van der Waals surface area contributed by atoms with Crippen molar-refractivity contribution in [3.05, 3.63) is 0 Å². The second kappa shape index (κ2) is 9.28. The van der Waals surface area contributed by atoms with E-state index in [4.69, 9.17) is 4.74 Å². The highest BCUT2D eigenvalue weighted by atomic mass is 32.1. The highest BCUT2D eigenvalue weighted by molar-refractivity contribution is 7.19. The zero-order valence-corrected chi connectivity index (χ0v) is 18.2. The molecule has 4 rings (SSSR count). The van der Waals surface area contributed by atoms with E-state index in [1.165, 1.54) is 11.3 Å². The molecule has 2 amide bonds. The molecule has 30 heavy (non-hydrogen) atoms. The SMILES string of the molecule is CCOC(=O)C1CCN(C(=O)C2CCCN(c3nnc(N4CCCC4=O)s3)C2)CC1. The highest BCUT2D eigenvalue weighted by Crippen LogP contribution is 2.33. The van der Waals surface area contributed by atoms with E-state index in [0.717, 1.165) is 30.9 Å². The van der Waals surface area contributed by atoms with E-state index >= 15 is 0 Å². The smallest absolute Gasteiger partial charge is 0.309 e. The lowest BCUT2D eigenvalue weighted by Gasteiger charge is -2.37. The lowest BCUT2D eigenvalue weighted by atomic mass is 9.93. The second-order valence-electron chi connectivity index (χ2n) is 8.15. The third kappa shape index (κ3) is 4.43. The van der Waals surface area contributed by atoms with Crippen LogP contribution in [0.25, 0.3) is 0 Å². The van der Waals surface area contributed by atoms with Gasteiger partial charge < -0.3 is 14.5 Å². The number of carbonyl (C=O) groups excluding carboxylic acids is 3. The zero-order chi connectivity index (χ0) is 21.1. The third-order valence-corrected chi connectivity index (χ3v) is 7.18. The molecule has 3 aliphatic rings. The van der Waals surface area contributed by atoms with Crippen LogP contribution in [0.15, 0.2) is 0 Å². The Labute approximate surface area is 180 Å². The summed E-state index contributed by atoms with van der Waals surface area (Å²) in [6.45, 7) is 5.61. The number of nitrogens with zero attached hydrogens (tertiary/aromatic N) is 5. The fourth-order valence-corrected chi connectivity index (χ4v) is 5.43. The Bertz CT molecular complexity index is 792. The third-order valence-electron chi connectivity index (χ3n) is 6.18.